The summed E-state index contributed by atoms with van der Waals surface area (Å²) in [4.78, 5) is 11.4. The Bertz CT molecular complexity index is 459. The molecule has 1 aliphatic carbocycles. The normalized spacial score (nSPS) is 27.6. The van der Waals surface area contributed by atoms with E-state index in [2.05, 4.69) is 36.0 Å². The summed E-state index contributed by atoms with van der Waals surface area (Å²) in [6.07, 6.45) is 3.75. The van der Waals surface area contributed by atoms with E-state index < -0.39 is 0 Å². The topological polar surface area (TPSA) is 31.4 Å². The van der Waals surface area contributed by atoms with E-state index in [1.807, 2.05) is 11.3 Å². The quantitative estimate of drug-likeness (QED) is 0.927. The number of piperazine rings is 1. The van der Waals surface area contributed by atoms with Crippen molar-refractivity contribution in [1.29, 1.82) is 0 Å². The predicted molar refractivity (Wildman–Crippen MR) is 85.8 cm³/mol. The summed E-state index contributed by atoms with van der Waals surface area (Å²) >= 11 is 1.93. The molecule has 20 heavy (non-hydrogen) atoms. The van der Waals surface area contributed by atoms with Crippen molar-refractivity contribution in [2.24, 2.45) is 0 Å². The molecular formula is C15H26N4S. The first kappa shape index (κ1) is 14.3. The molecule has 1 aromatic heterocycles. The minimum absolute atomic E-state index is 0.483. The second kappa shape index (κ2) is 6.00. The third-order valence-electron chi connectivity index (χ3n) is 4.47. The van der Waals surface area contributed by atoms with Gasteiger partial charge in [0.1, 0.15) is 0 Å². The SMILES string of the molecule is CCNC1CCCc2sc(N3CCN(C)CC3C)nc21. The molecule has 112 valence electrons. The fourth-order valence-corrected chi connectivity index (χ4v) is 4.69. The molecule has 3 rings (SSSR count). The summed E-state index contributed by atoms with van der Waals surface area (Å²) in [6, 6.07) is 1.05. The number of anilines is 1. The molecule has 1 aromatic rings. The van der Waals surface area contributed by atoms with Crippen molar-refractivity contribution < 1.29 is 0 Å². The molecule has 1 fully saturated rings. The van der Waals surface area contributed by atoms with Gasteiger partial charge < -0.3 is 15.1 Å². The Balaban J connectivity index is 1.81. The summed E-state index contributed by atoms with van der Waals surface area (Å²) < 4.78 is 0. The van der Waals surface area contributed by atoms with Crippen molar-refractivity contribution >= 4 is 16.5 Å². The molecule has 2 atom stereocenters. The molecule has 4 nitrogen and oxygen atoms in total. The van der Waals surface area contributed by atoms with Gasteiger partial charge in [-0.05, 0) is 39.8 Å². The summed E-state index contributed by atoms with van der Waals surface area (Å²) in [7, 11) is 2.21. The van der Waals surface area contributed by atoms with Gasteiger partial charge in [0.2, 0.25) is 0 Å². The molecule has 0 amide bonds. The lowest BCUT2D eigenvalue weighted by atomic mass is 9.98. The highest BCUT2D eigenvalue weighted by molar-refractivity contribution is 7.15. The fourth-order valence-electron chi connectivity index (χ4n) is 3.40. The first-order valence-corrected chi connectivity index (χ1v) is 8.69. The Morgan fingerprint density at radius 3 is 3.00 bits per heavy atom. The highest BCUT2D eigenvalue weighted by atomic mass is 32.1. The van der Waals surface area contributed by atoms with Gasteiger partial charge in [0, 0.05) is 30.6 Å². The largest absolute Gasteiger partial charge is 0.343 e. The third-order valence-corrected chi connectivity index (χ3v) is 5.64. The van der Waals surface area contributed by atoms with Crippen LogP contribution >= 0.6 is 11.3 Å². The Labute approximate surface area is 126 Å². The van der Waals surface area contributed by atoms with E-state index in [4.69, 9.17) is 4.98 Å². The van der Waals surface area contributed by atoms with Crippen molar-refractivity contribution in [3.8, 4) is 0 Å². The number of aryl methyl sites for hydroxylation is 1. The number of fused-ring (bicyclic) bond motifs is 1. The van der Waals surface area contributed by atoms with Gasteiger partial charge >= 0.3 is 0 Å². The summed E-state index contributed by atoms with van der Waals surface area (Å²) in [5.74, 6) is 0. The van der Waals surface area contributed by atoms with Crippen molar-refractivity contribution in [2.75, 3.05) is 38.1 Å². The lowest BCUT2D eigenvalue weighted by Gasteiger charge is -2.38. The van der Waals surface area contributed by atoms with Gasteiger partial charge in [-0.25, -0.2) is 4.98 Å². The van der Waals surface area contributed by atoms with Gasteiger partial charge in [0.15, 0.2) is 5.13 Å². The summed E-state index contributed by atoms with van der Waals surface area (Å²) in [5.41, 5.74) is 1.34. The number of hydrogen-bond donors (Lipinski definition) is 1. The van der Waals surface area contributed by atoms with Crippen LogP contribution in [0.2, 0.25) is 0 Å². The number of nitrogens with zero attached hydrogens (tertiary/aromatic N) is 3. The van der Waals surface area contributed by atoms with Crippen LogP contribution in [0.5, 0.6) is 0 Å². The highest BCUT2D eigenvalue weighted by Crippen LogP contribution is 2.37. The maximum Gasteiger partial charge on any atom is 0.186 e. The zero-order valence-corrected chi connectivity index (χ0v) is 13.7. The average Bonchev–Trinajstić information content (AvgIpc) is 2.83. The van der Waals surface area contributed by atoms with E-state index in [0.717, 1.165) is 26.2 Å². The van der Waals surface area contributed by atoms with Crippen molar-refractivity contribution in [3.63, 3.8) is 0 Å². The van der Waals surface area contributed by atoms with Crippen LogP contribution in [0.25, 0.3) is 0 Å². The van der Waals surface area contributed by atoms with Gasteiger partial charge in [-0.15, -0.1) is 11.3 Å². The second-order valence-electron chi connectivity index (χ2n) is 6.11. The molecular weight excluding hydrogens is 268 g/mol. The van der Waals surface area contributed by atoms with Crippen LogP contribution in [0.1, 0.15) is 43.3 Å². The Morgan fingerprint density at radius 2 is 2.25 bits per heavy atom. The zero-order valence-electron chi connectivity index (χ0n) is 12.9. The van der Waals surface area contributed by atoms with Gasteiger partial charge in [-0.2, -0.15) is 0 Å². The number of thiazole rings is 1. The van der Waals surface area contributed by atoms with E-state index in [0.29, 0.717) is 12.1 Å². The van der Waals surface area contributed by atoms with Crippen LogP contribution in [0.15, 0.2) is 0 Å². The first-order chi connectivity index (χ1) is 9.69. The molecule has 0 aromatic carbocycles. The molecule has 1 saturated heterocycles. The van der Waals surface area contributed by atoms with E-state index in [1.165, 1.54) is 35.0 Å². The highest BCUT2D eigenvalue weighted by Gasteiger charge is 2.29. The van der Waals surface area contributed by atoms with E-state index in [9.17, 15) is 0 Å². The second-order valence-corrected chi connectivity index (χ2v) is 7.17. The van der Waals surface area contributed by atoms with Crippen LogP contribution in [0.3, 0.4) is 0 Å². The molecule has 2 aliphatic rings. The Kier molecular flexibility index (Phi) is 4.29. The molecule has 0 radical (unpaired) electrons. The molecule has 2 heterocycles. The van der Waals surface area contributed by atoms with Crippen molar-refractivity contribution in [3.05, 3.63) is 10.6 Å². The Hall–Kier alpha value is -0.650. The lowest BCUT2D eigenvalue weighted by molar-refractivity contribution is 0.275. The number of hydrogen-bond acceptors (Lipinski definition) is 5. The van der Waals surface area contributed by atoms with Crippen molar-refractivity contribution in [2.45, 2.75) is 45.2 Å². The summed E-state index contributed by atoms with van der Waals surface area (Å²) in [6.45, 7) is 8.92. The first-order valence-electron chi connectivity index (χ1n) is 7.87. The number of rotatable bonds is 3. The van der Waals surface area contributed by atoms with Crippen LogP contribution < -0.4 is 10.2 Å². The summed E-state index contributed by atoms with van der Waals surface area (Å²) in [5, 5.41) is 4.84. The number of aromatic nitrogens is 1. The standard InChI is InChI=1S/C15H26N4S/c1-4-16-12-6-5-7-13-14(12)17-15(20-13)19-9-8-18(3)10-11(19)2/h11-12,16H,4-10H2,1-3H3. The zero-order chi connectivity index (χ0) is 14.1. The van der Waals surface area contributed by atoms with Crippen LogP contribution in [0, 0.1) is 0 Å². The lowest BCUT2D eigenvalue weighted by Crippen LogP contribution is -2.50. The van der Waals surface area contributed by atoms with E-state index in [1.54, 1.807) is 0 Å². The minimum Gasteiger partial charge on any atom is -0.343 e. The minimum atomic E-state index is 0.483. The molecule has 0 saturated carbocycles. The number of nitrogens with one attached hydrogen (secondary N) is 1. The smallest absolute Gasteiger partial charge is 0.186 e. The number of likely N-dealkylation sites (N-methyl/N-ethyl adjacent to an activating group) is 1. The molecule has 0 spiro atoms. The average molecular weight is 294 g/mol. The fraction of sp³-hybridized carbons (Fsp3) is 0.800. The maximum atomic E-state index is 5.01. The van der Waals surface area contributed by atoms with Crippen LogP contribution in [0.4, 0.5) is 5.13 Å². The van der Waals surface area contributed by atoms with E-state index in [-0.39, 0.29) is 0 Å². The molecule has 0 bridgehead atoms. The molecule has 1 N–H and O–H groups in total. The monoisotopic (exact) mass is 294 g/mol. The van der Waals surface area contributed by atoms with Gasteiger partial charge in [-0.3, -0.25) is 0 Å². The van der Waals surface area contributed by atoms with Gasteiger partial charge in [0.25, 0.3) is 0 Å². The molecule has 5 heteroatoms. The molecule has 1 aliphatic heterocycles. The van der Waals surface area contributed by atoms with Gasteiger partial charge in [-0.1, -0.05) is 6.92 Å². The van der Waals surface area contributed by atoms with Crippen molar-refractivity contribution in [1.82, 2.24) is 15.2 Å². The maximum absolute atomic E-state index is 5.01. The van der Waals surface area contributed by atoms with Gasteiger partial charge in [0.05, 0.1) is 11.7 Å². The third kappa shape index (κ3) is 2.71. The van der Waals surface area contributed by atoms with Crippen LogP contribution in [-0.4, -0.2) is 49.2 Å². The van der Waals surface area contributed by atoms with E-state index >= 15 is 0 Å². The predicted octanol–water partition coefficient (Wildman–Crippen LogP) is 2.27. The molecule has 2 unspecified atom stereocenters. The van der Waals surface area contributed by atoms with Crippen LogP contribution in [-0.2, 0) is 6.42 Å². The Morgan fingerprint density at radius 1 is 1.40 bits per heavy atom.